The van der Waals surface area contributed by atoms with E-state index >= 15 is 0 Å². The van der Waals surface area contributed by atoms with Crippen LogP contribution >= 0.6 is 11.8 Å². The number of aliphatic hydroxyl groups is 1. The molecule has 0 bridgehead atoms. The van der Waals surface area contributed by atoms with Crippen molar-refractivity contribution < 1.29 is 26.7 Å². The van der Waals surface area contributed by atoms with Crippen LogP contribution < -0.4 is 4.72 Å². The van der Waals surface area contributed by atoms with Crippen LogP contribution in [0.4, 0.5) is 13.2 Å². The molecule has 2 N–H and O–H groups in total. The first-order valence-corrected chi connectivity index (χ1v) is 8.22. The number of halogens is 3. The topological polar surface area (TPSA) is 66.4 Å². The lowest BCUT2D eigenvalue weighted by Crippen LogP contribution is -2.28. The lowest BCUT2D eigenvalue weighted by atomic mass is 10.2. The van der Waals surface area contributed by atoms with Gasteiger partial charge >= 0.3 is 5.51 Å². The van der Waals surface area contributed by atoms with Crippen LogP contribution in [0.3, 0.4) is 0 Å². The van der Waals surface area contributed by atoms with Crippen LogP contribution in [0, 0.1) is 0 Å². The first-order chi connectivity index (χ1) is 9.22. The third kappa shape index (κ3) is 7.13. The van der Waals surface area contributed by atoms with E-state index in [0.717, 1.165) is 0 Å². The monoisotopic (exact) mass is 329 g/mol. The number of rotatable bonds is 7. The van der Waals surface area contributed by atoms with Crippen LogP contribution in [0.25, 0.3) is 0 Å². The van der Waals surface area contributed by atoms with E-state index in [0.29, 0.717) is 11.1 Å². The standard InChI is InChI=1S/C11H14F3NO3S2/c12-11(13,14)19-6-5-15-20(17,18)8-10-3-1-9(7-16)2-4-10/h1-4,15-16H,5-8H2. The second-order valence-corrected chi connectivity index (χ2v) is 6.89. The zero-order chi connectivity index (χ0) is 15.2. The van der Waals surface area contributed by atoms with Crippen molar-refractivity contribution in [2.75, 3.05) is 12.3 Å². The summed E-state index contributed by atoms with van der Waals surface area (Å²) in [5.41, 5.74) is -3.20. The molecule has 1 aromatic rings. The molecule has 9 heteroatoms. The van der Waals surface area contributed by atoms with Crippen LogP contribution in [0.2, 0.25) is 0 Å². The number of thioether (sulfide) groups is 1. The molecule has 0 aliphatic carbocycles. The fourth-order valence-electron chi connectivity index (χ4n) is 1.38. The van der Waals surface area contributed by atoms with E-state index in [-0.39, 0.29) is 36.4 Å². The van der Waals surface area contributed by atoms with Crippen molar-refractivity contribution in [1.29, 1.82) is 0 Å². The minimum Gasteiger partial charge on any atom is -0.392 e. The highest BCUT2D eigenvalue weighted by molar-refractivity contribution is 8.00. The Morgan fingerprint density at radius 2 is 1.70 bits per heavy atom. The van der Waals surface area contributed by atoms with Crippen LogP contribution in [-0.4, -0.2) is 31.3 Å². The summed E-state index contributed by atoms with van der Waals surface area (Å²) in [5.74, 6) is -0.679. The van der Waals surface area contributed by atoms with Crippen molar-refractivity contribution in [3.8, 4) is 0 Å². The summed E-state index contributed by atoms with van der Waals surface area (Å²) in [6, 6.07) is 6.28. The van der Waals surface area contributed by atoms with Gasteiger partial charge in [0.05, 0.1) is 12.4 Å². The quantitative estimate of drug-likeness (QED) is 0.749. The fourth-order valence-corrected chi connectivity index (χ4v) is 3.09. The molecule has 114 valence electrons. The third-order valence-corrected chi connectivity index (χ3v) is 4.34. The predicted octanol–water partition coefficient (Wildman–Crippen LogP) is 1.85. The molecule has 0 saturated heterocycles. The van der Waals surface area contributed by atoms with Crippen molar-refractivity contribution >= 4 is 21.8 Å². The highest BCUT2D eigenvalue weighted by Gasteiger charge is 2.27. The molecular weight excluding hydrogens is 315 g/mol. The van der Waals surface area contributed by atoms with Crippen molar-refractivity contribution in [2.24, 2.45) is 0 Å². The summed E-state index contributed by atoms with van der Waals surface area (Å²) in [6.07, 6.45) is 0. The molecule has 0 heterocycles. The molecular formula is C11H14F3NO3S2. The molecule has 20 heavy (non-hydrogen) atoms. The van der Waals surface area contributed by atoms with Crippen LogP contribution in [0.1, 0.15) is 11.1 Å². The summed E-state index contributed by atoms with van der Waals surface area (Å²) in [6.45, 7) is -0.415. The van der Waals surface area contributed by atoms with Crippen LogP contribution in [-0.2, 0) is 22.4 Å². The second-order valence-electron chi connectivity index (χ2n) is 3.92. The molecule has 0 aromatic heterocycles. The van der Waals surface area contributed by atoms with Crippen LogP contribution in [0.15, 0.2) is 24.3 Å². The van der Waals surface area contributed by atoms with Gasteiger partial charge in [-0.15, -0.1) is 0 Å². The lowest BCUT2D eigenvalue weighted by molar-refractivity contribution is -0.0327. The largest absolute Gasteiger partial charge is 0.441 e. The zero-order valence-corrected chi connectivity index (χ0v) is 12.0. The summed E-state index contributed by atoms with van der Waals surface area (Å²) in [7, 11) is -3.67. The van der Waals surface area contributed by atoms with Crippen LogP contribution in [0.5, 0.6) is 0 Å². The average molecular weight is 329 g/mol. The predicted molar refractivity (Wildman–Crippen MR) is 71.5 cm³/mol. The summed E-state index contributed by atoms with van der Waals surface area (Å²) in [4.78, 5) is 0. The summed E-state index contributed by atoms with van der Waals surface area (Å²) in [5, 5.41) is 8.85. The van der Waals surface area contributed by atoms with Gasteiger partial charge < -0.3 is 5.11 Å². The Morgan fingerprint density at radius 1 is 1.15 bits per heavy atom. The van der Waals surface area contributed by atoms with Crippen molar-refractivity contribution in [3.05, 3.63) is 35.4 Å². The molecule has 1 rings (SSSR count). The van der Waals surface area contributed by atoms with E-state index in [1.807, 2.05) is 0 Å². The number of sulfonamides is 1. The minimum absolute atomic E-state index is 0.139. The molecule has 0 radical (unpaired) electrons. The van der Waals surface area contributed by atoms with Gasteiger partial charge in [-0.05, 0) is 22.9 Å². The highest BCUT2D eigenvalue weighted by atomic mass is 32.2. The van der Waals surface area contributed by atoms with Gasteiger partial charge in [0.1, 0.15) is 0 Å². The SMILES string of the molecule is O=S(=O)(Cc1ccc(CO)cc1)NCCSC(F)(F)F. The first-order valence-electron chi connectivity index (χ1n) is 5.58. The number of hydrogen-bond donors (Lipinski definition) is 2. The molecule has 0 saturated carbocycles. The van der Waals surface area contributed by atoms with Gasteiger partial charge in [-0.1, -0.05) is 24.3 Å². The normalized spacial score (nSPS) is 12.6. The Balaban J connectivity index is 2.44. The maximum atomic E-state index is 11.9. The van der Waals surface area contributed by atoms with Gasteiger partial charge in [-0.25, -0.2) is 13.1 Å². The Kier molecular flexibility index (Phi) is 6.31. The number of nitrogens with one attached hydrogen (secondary N) is 1. The van der Waals surface area contributed by atoms with Gasteiger partial charge in [0.25, 0.3) is 0 Å². The van der Waals surface area contributed by atoms with Crippen molar-refractivity contribution in [1.82, 2.24) is 4.72 Å². The minimum atomic E-state index is -4.36. The molecule has 0 amide bonds. The van der Waals surface area contributed by atoms with E-state index in [9.17, 15) is 21.6 Å². The Labute approximate surface area is 119 Å². The van der Waals surface area contributed by atoms with E-state index in [1.165, 1.54) is 0 Å². The zero-order valence-electron chi connectivity index (χ0n) is 10.4. The van der Waals surface area contributed by atoms with E-state index in [2.05, 4.69) is 4.72 Å². The lowest BCUT2D eigenvalue weighted by Gasteiger charge is -2.08. The molecule has 0 fully saturated rings. The van der Waals surface area contributed by atoms with E-state index < -0.39 is 15.5 Å². The Hall–Kier alpha value is -0.770. The average Bonchev–Trinajstić information content (AvgIpc) is 2.34. The van der Waals surface area contributed by atoms with Gasteiger partial charge in [0, 0.05) is 12.3 Å². The smallest absolute Gasteiger partial charge is 0.392 e. The molecule has 0 atom stereocenters. The molecule has 0 aliphatic heterocycles. The maximum absolute atomic E-state index is 11.9. The second kappa shape index (κ2) is 7.30. The maximum Gasteiger partial charge on any atom is 0.441 e. The first kappa shape index (κ1) is 17.3. The molecule has 0 unspecified atom stereocenters. The number of alkyl halides is 3. The fraction of sp³-hybridized carbons (Fsp3) is 0.455. The Bertz CT molecular complexity index is 515. The number of aliphatic hydroxyl groups excluding tert-OH is 1. The third-order valence-electron chi connectivity index (χ3n) is 2.25. The molecule has 4 nitrogen and oxygen atoms in total. The Morgan fingerprint density at radius 3 is 2.20 bits per heavy atom. The van der Waals surface area contributed by atoms with Gasteiger partial charge in [-0.2, -0.15) is 13.2 Å². The van der Waals surface area contributed by atoms with E-state index in [1.54, 1.807) is 24.3 Å². The van der Waals surface area contributed by atoms with E-state index in [4.69, 9.17) is 5.11 Å². The number of benzene rings is 1. The summed E-state index contributed by atoms with van der Waals surface area (Å²) >= 11 is -0.269. The number of hydrogen-bond acceptors (Lipinski definition) is 4. The van der Waals surface area contributed by atoms with Gasteiger partial charge in [0.2, 0.25) is 10.0 Å². The van der Waals surface area contributed by atoms with Gasteiger partial charge in [-0.3, -0.25) is 0 Å². The van der Waals surface area contributed by atoms with Gasteiger partial charge in [0.15, 0.2) is 0 Å². The highest BCUT2D eigenvalue weighted by Crippen LogP contribution is 2.29. The van der Waals surface area contributed by atoms with Crippen molar-refractivity contribution in [3.63, 3.8) is 0 Å². The molecule has 0 spiro atoms. The molecule has 0 aliphatic rings. The van der Waals surface area contributed by atoms with Crippen molar-refractivity contribution in [2.45, 2.75) is 17.9 Å². The molecule has 1 aromatic carbocycles. The summed E-state index contributed by atoms with van der Waals surface area (Å²) < 4.78 is 60.9.